The summed E-state index contributed by atoms with van der Waals surface area (Å²) >= 11 is 0. The van der Waals surface area contributed by atoms with E-state index in [0.717, 1.165) is 0 Å². The molecule has 0 spiro atoms. The van der Waals surface area contributed by atoms with E-state index in [1.807, 2.05) is 0 Å². The topological polar surface area (TPSA) is 65.4 Å². The summed E-state index contributed by atoms with van der Waals surface area (Å²) < 4.78 is 0. The summed E-state index contributed by atoms with van der Waals surface area (Å²) in [5.74, 6) is -0.910. The molecule has 0 rings (SSSR count). The molecular formula is C5H10N2O. The minimum absolute atomic E-state index is 0.0208. The lowest BCUT2D eigenvalue weighted by atomic mass is 10.1. The van der Waals surface area contributed by atoms with E-state index in [0.29, 0.717) is 0 Å². The first-order chi connectivity index (χ1) is 3.55. The zero-order chi connectivity index (χ0) is 6.73. The maximum Gasteiger partial charge on any atom is 0.281 e. The standard InChI is InChI=1S/C5H10N2O/c1-3(2)4(6)5(7)8/h3-4H,6H2,1-2H3/t4-/m0/s1. The van der Waals surface area contributed by atoms with Gasteiger partial charge >= 0.3 is 0 Å². The number of hydrogen-bond acceptors (Lipinski definition) is 2. The summed E-state index contributed by atoms with van der Waals surface area (Å²) in [5.41, 5.74) is 13.4. The molecule has 0 unspecified atom stereocenters. The highest BCUT2D eigenvalue weighted by Crippen LogP contribution is 1.95. The van der Waals surface area contributed by atoms with Crippen molar-refractivity contribution < 1.29 is 4.79 Å². The van der Waals surface area contributed by atoms with Gasteiger partial charge < -0.3 is 5.73 Å². The van der Waals surface area contributed by atoms with E-state index in [2.05, 4.69) is 0 Å². The minimum Gasteiger partial charge on any atom is -0.320 e. The molecule has 0 aliphatic heterocycles. The number of carbonyl (C=O) groups excluding carboxylic acids is 1. The number of carbonyl (C=O) groups is 1. The lowest BCUT2D eigenvalue weighted by Gasteiger charge is -2.07. The molecule has 1 atom stereocenters. The molecule has 0 aromatic rings. The van der Waals surface area contributed by atoms with E-state index < -0.39 is 11.9 Å². The van der Waals surface area contributed by atoms with Gasteiger partial charge in [0.1, 0.15) is 0 Å². The van der Waals surface area contributed by atoms with Crippen LogP contribution in [0.3, 0.4) is 0 Å². The van der Waals surface area contributed by atoms with E-state index in [4.69, 9.17) is 11.5 Å². The highest BCUT2D eigenvalue weighted by molar-refractivity contribution is 5.78. The highest BCUT2D eigenvalue weighted by atomic mass is 16.1. The van der Waals surface area contributed by atoms with Crippen LogP contribution in [0.2, 0.25) is 0 Å². The van der Waals surface area contributed by atoms with Gasteiger partial charge in [-0.25, -0.2) is 0 Å². The Kier molecular flexibility index (Phi) is 2.48. The van der Waals surface area contributed by atoms with Crippen LogP contribution in [0.25, 0.3) is 0 Å². The van der Waals surface area contributed by atoms with Gasteiger partial charge in [0.25, 0.3) is 5.91 Å². The number of amides is 1. The Morgan fingerprint density at radius 1 is 1.62 bits per heavy atom. The molecule has 0 saturated carbocycles. The van der Waals surface area contributed by atoms with Gasteiger partial charge in [-0.05, 0) is 5.92 Å². The molecule has 0 aromatic carbocycles. The van der Waals surface area contributed by atoms with Crippen molar-refractivity contribution in [2.45, 2.75) is 19.9 Å². The summed E-state index contributed by atoms with van der Waals surface area (Å²) in [6, 6.07) is -0.713. The van der Waals surface area contributed by atoms with Crippen molar-refractivity contribution in [1.29, 1.82) is 0 Å². The Hall–Kier alpha value is -0.570. The van der Waals surface area contributed by atoms with Crippen molar-refractivity contribution in [3.63, 3.8) is 0 Å². The molecule has 1 amide bonds. The fourth-order valence-electron chi connectivity index (χ4n) is 0.285. The van der Waals surface area contributed by atoms with E-state index in [-0.39, 0.29) is 5.92 Å². The fraction of sp³-hybridized carbons (Fsp3) is 0.800. The van der Waals surface area contributed by atoms with Crippen LogP contribution in [0.15, 0.2) is 0 Å². The van der Waals surface area contributed by atoms with Crippen LogP contribution in [0.5, 0.6) is 0 Å². The Morgan fingerprint density at radius 2 is 2.00 bits per heavy atom. The number of nitrogens with zero attached hydrogens (tertiary/aromatic N) is 1. The quantitative estimate of drug-likeness (QED) is 0.529. The van der Waals surface area contributed by atoms with Gasteiger partial charge in [-0.2, -0.15) is 0 Å². The second-order valence-corrected chi connectivity index (χ2v) is 2.11. The first kappa shape index (κ1) is 7.43. The van der Waals surface area contributed by atoms with Crippen molar-refractivity contribution in [2.75, 3.05) is 0 Å². The third-order valence-corrected chi connectivity index (χ3v) is 1.00. The molecule has 0 bridgehead atoms. The van der Waals surface area contributed by atoms with Crippen LogP contribution in [0.4, 0.5) is 0 Å². The normalized spacial score (nSPS) is 14.0. The van der Waals surface area contributed by atoms with Crippen LogP contribution < -0.4 is 11.5 Å². The predicted octanol–water partition coefficient (Wildman–Crippen LogP) is -0.435. The van der Waals surface area contributed by atoms with E-state index in [9.17, 15) is 4.79 Å². The Bertz CT molecular complexity index is 90.4. The monoisotopic (exact) mass is 114 g/mol. The highest BCUT2D eigenvalue weighted by Gasteiger charge is 2.14. The van der Waals surface area contributed by atoms with Crippen molar-refractivity contribution in [1.82, 2.24) is 5.73 Å². The lowest BCUT2D eigenvalue weighted by molar-refractivity contribution is -0.120. The van der Waals surface area contributed by atoms with Crippen molar-refractivity contribution in [3.05, 3.63) is 0 Å². The molecule has 0 fully saturated rings. The van der Waals surface area contributed by atoms with Gasteiger partial charge in [-0.3, -0.25) is 4.79 Å². The molecule has 2 radical (unpaired) electrons. The van der Waals surface area contributed by atoms with Crippen LogP contribution >= 0.6 is 0 Å². The third-order valence-electron chi connectivity index (χ3n) is 1.00. The molecule has 3 heteroatoms. The fourth-order valence-corrected chi connectivity index (χ4v) is 0.285. The Morgan fingerprint density at radius 3 is 2.00 bits per heavy atom. The van der Waals surface area contributed by atoms with E-state index >= 15 is 0 Å². The molecule has 0 aliphatic carbocycles. The Balaban J connectivity index is 3.64. The number of nitrogens with two attached hydrogens (primary N) is 1. The average Bonchev–Trinajstić information content (AvgIpc) is 1.64. The second kappa shape index (κ2) is 2.67. The summed E-state index contributed by atoms with van der Waals surface area (Å²) in [6.45, 7) is 3.55. The molecule has 46 valence electrons. The maximum atomic E-state index is 10.0. The van der Waals surface area contributed by atoms with Crippen molar-refractivity contribution in [3.8, 4) is 0 Å². The van der Waals surface area contributed by atoms with Gasteiger partial charge in [0.2, 0.25) is 0 Å². The molecule has 2 N–H and O–H groups in total. The first-order valence-corrected chi connectivity index (χ1v) is 2.54. The van der Waals surface area contributed by atoms with Crippen LogP contribution in [-0.2, 0) is 4.79 Å². The maximum absolute atomic E-state index is 10.0. The van der Waals surface area contributed by atoms with E-state index in [1.54, 1.807) is 13.8 Å². The summed E-state index contributed by atoms with van der Waals surface area (Å²) in [6.07, 6.45) is 0. The predicted molar refractivity (Wildman–Crippen MR) is 30.0 cm³/mol. The number of hydrogen-bond donors (Lipinski definition) is 1. The largest absolute Gasteiger partial charge is 0.320 e. The zero-order valence-electron chi connectivity index (χ0n) is 5.09. The molecule has 0 saturated heterocycles. The molecule has 0 heterocycles. The zero-order valence-corrected chi connectivity index (χ0v) is 5.09. The number of rotatable bonds is 2. The molecule has 0 aliphatic rings. The first-order valence-electron chi connectivity index (χ1n) is 2.54. The van der Waals surface area contributed by atoms with Crippen molar-refractivity contribution in [2.24, 2.45) is 11.7 Å². The van der Waals surface area contributed by atoms with Gasteiger partial charge in [0, 0.05) is 0 Å². The Labute approximate surface area is 49.0 Å². The summed E-state index contributed by atoms with van der Waals surface area (Å²) in [7, 11) is 0. The summed E-state index contributed by atoms with van der Waals surface area (Å²) in [5, 5.41) is 0. The molecule has 8 heavy (non-hydrogen) atoms. The van der Waals surface area contributed by atoms with Gasteiger partial charge in [0.15, 0.2) is 0 Å². The smallest absolute Gasteiger partial charge is 0.281 e. The van der Waals surface area contributed by atoms with Crippen LogP contribution in [0, 0.1) is 5.92 Å². The van der Waals surface area contributed by atoms with Gasteiger partial charge in [-0.15, -0.1) is 5.73 Å². The van der Waals surface area contributed by atoms with E-state index in [1.165, 1.54) is 0 Å². The van der Waals surface area contributed by atoms with Gasteiger partial charge in [-0.1, -0.05) is 13.8 Å². The molecular weight excluding hydrogens is 104 g/mol. The average molecular weight is 114 g/mol. The second-order valence-electron chi connectivity index (χ2n) is 2.11. The minimum atomic E-state index is -0.931. The van der Waals surface area contributed by atoms with Crippen LogP contribution in [-0.4, -0.2) is 11.9 Å². The van der Waals surface area contributed by atoms with Crippen LogP contribution in [0.1, 0.15) is 13.8 Å². The van der Waals surface area contributed by atoms with Crippen molar-refractivity contribution >= 4 is 5.91 Å². The lowest BCUT2D eigenvalue weighted by Crippen LogP contribution is -2.35. The van der Waals surface area contributed by atoms with Gasteiger partial charge in [0.05, 0.1) is 6.04 Å². The molecule has 3 nitrogen and oxygen atoms in total. The summed E-state index contributed by atoms with van der Waals surface area (Å²) in [4.78, 5) is 10.0. The third kappa shape index (κ3) is 1.93. The SMILES string of the molecule is CC(C)[C@H](N)C([N])=O. The molecule has 0 aromatic heterocycles.